The van der Waals surface area contributed by atoms with Gasteiger partial charge in [-0.15, -0.1) is 0 Å². The first-order valence-corrected chi connectivity index (χ1v) is 8.02. The molecule has 22 heavy (non-hydrogen) atoms. The summed E-state index contributed by atoms with van der Waals surface area (Å²) in [6.07, 6.45) is 5.94. The van der Waals surface area contributed by atoms with E-state index in [0.717, 1.165) is 18.0 Å². The summed E-state index contributed by atoms with van der Waals surface area (Å²) in [5, 5.41) is 0. The van der Waals surface area contributed by atoms with Gasteiger partial charge in [0.2, 0.25) is 0 Å². The van der Waals surface area contributed by atoms with Crippen LogP contribution in [0.3, 0.4) is 0 Å². The van der Waals surface area contributed by atoms with Gasteiger partial charge in [-0.25, -0.2) is 0 Å². The van der Waals surface area contributed by atoms with Crippen molar-refractivity contribution in [3.05, 3.63) is 72.1 Å². The van der Waals surface area contributed by atoms with Gasteiger partial charge in [-0.2, -0.15) is 0 Å². The Labute approximate surface area is 134 Å². The van der Waals surface area contributed by atoms with Gasteiger partial charge in [-0.3, -0.25) is 0 Å². The number of thioether (sulfide) groups is 1. The summed E-state index contributed by atoms with van der Waals surface area (Å²) in [5.41, 5.74) is 2.36. The van der Waals surface area contributed by atoms with E-state index in [1.165, 1.54) is 15.5 Å². The zero-order chi connectivity index (χ0) is 14.9. The Morgan fingerprint density at radius 3 is 2.68 bits per heavy atom. The minimum Gasteiger partial charge on any atom is -0.461 e. The monoisotopic (exact) mass is 308 g/mol. The van der Waals surface area contributed by atoms with Crippen molar-refractivity contribution in [1.82, 2.24) is 0 Å². The second-order valence-electron chi connectivity index (χ2n) is 5.27. The average Bonchev–Trinajstić information content (AvgIpc) is 2.55. The number of fused-ring (bicyclic) bond motifs is 2. The highest BCUT2D eigenvalue weighted by Gasteiger charge is 2.19. The molecule has 2 aliphatic heterocycles. The van der Waals surface area contributed by atoms with Crippen LogP contribution in [-0.4, -0.2) is 13.6 Å². The summed E-state index contributed by atoms with van der Waals surface area (Å²) >= 11 is 1.83. The minimum absolute atomic E-state index is 0.834. The van der Waals surface area contributed by atoms with Gasteiger partial charge in [0.25, 0.3) is 0 Å². The van der Waals surface area contributed by atoms with E-state index in [1.807, 2.05) is 36.2 Å². The Bertz CT molecular complexity index is 769. The zero-order valence-corrected chi connectivity index (χ0v) is 13.1. The molecule has 0 unspecified atom stereocenters. The van der Waals surface area contributed by atoms with Crippen LogP contribution in [0.25, 0.3) is 0 Å². The molecule has 2 aromatic rings. The fourth-order valence-electron chi connectivity index (χ4n) is 2.72. The van der Waals surface area contributed by atoms with Gasteiger partial charge in [0.1, 0.15) is 12.0 Å². The number of rotatable bonds is 2. The van der Waals surface area contributed by atoms with Crippen LogP contribution in [0.15, 0.2) is 77.0 Å². The SMILES string of the molecule is CN1C=C(CN2C=COc3ccccc32)Sc2ccccc21. The summed E-state index contributed by atoms with van der Waals surface area (Å²) in [6, 6.07) is 16.6. The Morgan fingerprint density at radius 1 is 1.00 bits per heavy atom. The van der Waals surface area contributed by atoms with Crippen LogP contribution in [0.4, 0.5) is 11.4 Å². The maximum absolute atomic E-state index is 5.56. The third kappa shape index (κ3) is 2.35. The Kier molecular flexibility index (Phi) is 3.31. The van der Waals surface area contributed by atoms with Gasteiger partial charge >= 0.3 is 0 Å². The van der Waals surface area contributed by atoms with Gasteiger partial charge in [0, 0.05) is 29.2 Å². The van der Waals surface area contributed by atoms with Crippen molar-refractivity contribution in [3.63, 3.8) is 0 Å². The molecule has 0 atom stereocenters. The van der Waals surface area contributed by atoms with Gasteiger partial charge in [-0.1, -0.05) is 36.0 Å². The van der Waals surface area contributed by atoms with Crippen molar-refractivity contribution in [2.75, 3.05) is 23.4 Å². The molecule has 0 aliphatic carbocycles. The lowest BCUT2D eigenvalue weighted by Gasteiger charge is -2.30. The van der Waals surface area contributed by atoms with Crippen LogP contribution >= 0.6 is 11.8 Å². The Balaban J connectivity index is 1.60. The molecular weight excluding hydrogens is 292 g/mol. The number of hydrogen-bond acceptors (Lipinski definition) is 4. The molecule has 3 nitrogen and oxygen atoms in total. The summed E-state index contributed by atoms with van der Waals surface area (Å²) in [7, 11) is 2.10. The number of nitrogens with zero attached hydrogens (tertiary/aromatic N) is 2. The number of hydrogen-bond donors (Lipinski definition) is 0. The molecule has 0 N–H and O–H groups in total. The third-order valence-electron chi connectivity index (χ3n) is 3.76. The minimum atomic E-state index is 0.834. The van der Waals surface area contributed by atoms with E-state index >= 15 is 0 Å². The predicted octanol–water partition coefficient (Wildman–Crippen LogP) is 4.44. The third-order valence-corrected chi connectivity index (χ3v) is 4.82. The molecule has 2 aliphatic rings. The lowest BCUT2D eigenvalue weighted by atomic mass is 10.2. The number of benzene rings is 2. The number of para-hydroxylation sites is 3. The molecule has 4 heteroatoms. The quantitative estimate of drug-likeness (QED) is 0.814. The lowest BCUT2D eigenvalue weighted by molar-refractivity contribution is 0.470. The molecule has 0 saturated carbocycles. The molecule has 2 aromatic carbocycles. The molecule has 0 spiro atoms. The van der Waals surface area contributed by atoms with Crippen molar-refractivity contribution in [2.24, 2.45) is 0 Å². The fraction of sp³-hybridized carbons (Fsp3) is 0.111. The molecule has 0 radical (unpaired) electrons. The van der Waals surface area contributed by atoms with Crippen LogP contribution in [0.1, 0.15) is 0 Å². The van der Waals surface area contributed by atoms with Crippen molar-refractivity contribution in [1.29, 1.82) is 0 Å². The summed E-state index contributed by atoms with van der Waals surface area (Å²) in [5.74, 6) is 0.903. The van der Waals surface area contributed by atoms with Crippen molar-refractivity contribution in [3.8, 4) is 5.75 Å². The highest BCUT2D eigenvalue weighted by atomic mass is 32.2. The molecule has 2 heterocycles. The number of anilines is 2. The summed E-state index contributed by atoms with van der Waals surface area (Å²) in [4.78, 5) is 7.02. The van der Waals surface area contributed by atoms with Crippen LogP contribution in [0, 0.1) is 0 Å². The van der Waals surface area contributed by atoms with E-state index in [0.29, 0.717) is 0 Å². The van der Waals surface area contributed by atoms with E-state index in [9.17, 15) is 0 Å². The Hall–Kier alpha value is -2.33. The second-order valence-corrected chi connectivity index (χ2v) is 6.44. The molecule has 0 aromatic heterocycles. The largest absolute Gasteiger partial charge is 0.461 e. The lowest BCUT2D eigenvalue weighted by Crippen LogP contribution is -2.24. The molecule has 4 rings (SSSR count). The second kappa shape index (κ2) is 5.46. The zero-order valence-electron chi connectivity index (χ0n) is 12.3. The first kappa shape index (κ1) is 13.3. The predicted molar refractivity (Wildman–Crippen MR) is 92.3 cm³/mol. The molecule has 0 fully saturated rings. The molecule has 110 valence electrons. The van der Waals surface area contributed by atoms with Crippen LogP contribution in [0.2, 0.25) is 0 Å². The Morgan fingerprint density at radius 2 is 1.77 bits per heavy atom. The first-order valence-electron chi connectivity index (χ1n) is 7.21. The van der Waals surface area contributed by atoms with Crippen molar-refractivity contribution in [2.45, 2.75) is 4.90 Å². The highest BCUT2D eigenvalue weighted by molar-refractivity contribution is 8.03. The standard InChI is InChI=1S/C18H16N2OS/c1-19-12-14(22-18-9-5-3-7-16(18)19)13-20-10-11-21-17-8-4-2-6-15(17)20/h2-12H,13H2,1H3. The topological polar surface area (TPSA) is 15.7 Å². The van der Waals surface area contributed by atoms with Crippen molar-refractivity contribution >= 4 is 23.1 Å². The van der Waals surface area contributed by atoms with E-state index in [-0.39, 0.29) is 0 Å². The van der Waals surface area contributed by atoms with Crippen LogP contribution < -0.4 is 14.5 Å². The van der Waals surface area contributed by atoms with Crippen molar-refractivity contribution < 1.29 is 4.74 Å². The van der Waals surface area contributed by atoms with E-state index in [4.69, 9.17) is 4.74 Å². The fourth-order valence-corrected chi connectivity index (χ4v) is 3.88. The molecule has 0 saturated heterocycles. The van der Waals surface area contributed by atoms with E-state index in [2.05, 4.69) is 53.4 Å². The first-order chi connectivity index (χ1) is 10.8. The van der Waals surface area contributed by atoms with Gasteiger partial charge in [-0.05, 0) is 24.3 Å². The molecular formula is C18H16N2OS. The van der Waals surface area contributed by atoms with E-state index in [1.54, 1.807) is 6.26 Å². The highest BCUT2D eigenvalue weighted by Crippen LogP contribution is 2.41. The molecule has 0 amide bonds. The summed E-state index contributed by atoms with van der Waals surface area (Å²) in [6.45, 7) is 0.834. The number of ether oxygens (including phenoxy) is 1. The van der Waals surface area contributed by atoms with Crippen LogP contribution in [0.5, 0.6) is 5.75 Å². The van der Waals surface area contributed by atoms with Gasteiger partial charge in [0.05, 0.1) is 17.9 Å². The maximum Gasteiger partial charge on any atom is 0.150 e. The molecule has 0 bridgehead atoms. The van der Waals surface area contributed by atoms with Crippen LogP contribution in [-0.2, 0) is 0 Å². The summed E-state index contributed by atoms with van der Waals surface area (Å²) < 4.78 is 5.56. The normalized spacial score (nSPS) is 15.8. The smallest absolute Gasteiger partial charge is 0.150 e. The maximum atomic E-state index is 5.56. The van der Waals surface area contributed by atoms with Gasteiger partial charge < -0.3 is 14.5 Å². The average molecular weight is 308 g/mol. The van der Waals surface area contributed by atoms with Gasteiger partial charge in [0.15, 0.2) is 0 Å². The van der Waals surface area contributed by atoms with E-state index < -0.39 is 0 Å².